The predicted molar refractivity (Wildman–Crippen MR) is 93.6 cm³/mol. The molecule has 0 aromatic carbocycles. The van der Waals surface area contributed by atoms with Gasteiger partial charge in [0.2, 0.25) is 0 Å². The Balaban J connectivity index is 0.00000529. The molecule has 4 nitrogen and oxygen atoms in total. The maximum atomic E-state index is 11.8. The summed E-state index contributed by atoms with van der Waals surface area (Å²) in [5.41, 5.74) is 0.448. The topological polar surface area (TPSA) is 62.2 Å². The van der Waals surface area contributed by atoms with Crippen LogP contribution in [0.1, 0.15) is 54.2 Å². The van der Waals surface area contributed by atoms with E-state index in [1.165, 1.54) is 0 Å². The molecule has 130 valence electrons. The van der Waals surface area contributed by atoms with Crippen molar-refractivity contribution in [3.05, 3.63) is 30.1 Å². The second kappa shape index (κ2) is 9.48. The molecule has 0 aliphatic rings. The van der Waals surface area contributed by atoms with Crippen molar-refractivity contribution in [1.29, 1.82) is 0 Å². The van der Waals surface area contributed by atoms with Crippen LogP contribution < -0.4 is 34.7 Å². The van der Waals surface area contributed by atoms with Crippen molar-refractivity contribution >= 4 is 14.3 Å². The number of carbonyl (C=O) groups excluding carboxylic acids is 1. The zero-order valence-corrected chi connectivity index (χ0v) is 19.4. The number of aliphatic carboxylic acids is 1. The van der Waals surface area contributed by atoms with Crippen LogP contribution in [-0.2, 0) is 14.6 Å². The van der Waals surface area contributed by atoms with Gasteiger partial charge in [-0.05, 0) is 35.7 Å². The third-order valence-corrected chi connectivity index (χ3v) is 11.1. The maximum Gasteiger partial charge on any atom is 1.00 e. The summed E-state index contributed by atoms with van der Waals surface area (Å²) in [6.07, 6.45) is 1.61. The Morgan fingerprint density at radius 1 is 1.17 bits per heavy atom. The molecule has 0 bridgehead atoms. The molecule has 1 heterocycles. The van der Waals surface area contributed by atoms with E-state index in [0.717, 1.165) is 0 Å². The fourth-order valence-corrected chi connectivity index (χ4v) is 9.23. The van der Waals surface area contributed by atoms with Gasteiger partial charge in [-0.3, -0.25) is 4.98 Å². The summed E-state index contributed by atoms with van der Waals surface area (Å²) in [7, 11) is -2.14. The molecule has 0 amide bonds. The van der Waals surface area contributed by atoms with Crippen LogP contribution in [0.3, 0.4) is 0 Å². The Hall–Kier alpha value is -0.203. The Morgan fingerprint density at radius 2 is 1.67 bits per heavy atom. The van der Waals surface area contributed by atoms with E-state index in [2.05, 4.69) is 46.5 Å². The summed E-state index contributed by atoms with van der Waals surface area (Å²) in [4.78, 5) is 16.1. The first-order valence-corrected chi connectivity index (χ1v) is 10.5. The molecular formula is C18H30NNaO3Si. The molecule has 1 rings (SSSR count). The largest absolute Gasteiger partial charge is 1.00 e. The van der Waals surface area contributed by atoms with Crippen LogP contribution in [0.2, 0.25) is 16.6 Å². The van der Waals surface area contributed by atoms with Crippen molar-refractivity contribution in [2.24, 2.45) is 0 Å². The van der Waals surface area contributed by atoms with E-state index in [1.807, 2.05) is 0 Å². The normalized spacial score (nSPS) is 14.6. The molecule has 24 heavy (non-hydrogen) atoms. The van der Waals surface area contributed by atoms with E-state index in [-0.39, 0.29) is 36.2 Å². The number of rotatable bonds is 8. The smallest absolute Gasteiger partial charge is 0.549 e. The molecule has 0 aliphatic carbocycles. The first-order chi connectivity index (χ1) is 10.6. The monoisotopic (exact) mass is 359 g/mol. The summed E-state index contributed by atoms with van der Waals surface area (Å²) < 4.78 is 6.47. The quantitative estimate of drug-likeness (QED) is 0.626. The summed E-state index contributed by atoms with van der Waals surface area (Å²) in [5, 5.41) is 11.8. The molecule has 0 saturated heterocycles. The minimum atomic E-state index is -2.14. The second-order valence-corrected chi connectivity index (χ2v) is 12.9. The maximum absolute atomic E-state index is 11.8. The first-order valence-electron chi connectivity index (χ1n) is 8.36. The molecule has 0 fully saturated rings. The zero-order valence-electron chi connectivity index (χ0n) is 16.4. The van der Waals surface area contributed by atoms with Crippen LogP contribution in [0.4, 0.5) is 0 Å². The number of hydrogen-bond acceptors (Lipinski definition) is 4. The number of nitrogens with zero attached hydrogens (tertiary/aromatic N) is 1. The Bertz CT molecular complexity index is 500. The van der Waals surface area contributed by atoms with Gasteiger partial charge in [0.25, 0.3) is 0 Å². The van der Waals surface area contributed by atoms with E-state index < -0.39 is 19.7 Å². The van der Waals surface area contributed by atoms with Crippen LogP contribution in [0.15, 0.2) is 24.4 Å². The summed E-state index contributed by atoms with van der Waals surface area (Å²) >= 11 is 0. The minimum Gasteiger partial charge on any atom is -0.549 e. The van der Waals surface area contributed by atoms with E-state index in [4.69, 9.17) is 4.43 Å². The number of pyridine rings is 1. The molecular weight excluding hydrogens is 329 g/mol. The Morgan fingerprint density at radius 3 is 2.00 bits per heavy atom. The predicted octanol–water partition coefficient (Wildman–Crippen LogP) is 0.285. The molecule has 1 aromatic heterocycles. The van der Waals surface area contributed by atoms with E-state index >= 15 is 0 Å². The van der Waals surface area contributed by atoms with Crippen molar-refractivity contribution < 1.29 is 43.9 Å². The average Bonchev–Trinajstić information content (AvgIpc) is 2.47. The molecule has 6 heteroatoms. The van der Waals surface area contributed by atoms with Crippen LogP contribution in [-0.4, -0.2) is 25.9 Å². The number of aromatic nitrogens is 1. The van der Waals surface area contributed by atoms with E-state index in [1.54, 1.807) is 31.3 Å². The average molecular weight is 360 g/mol. The van der Waals surface area contributed by atoms with Gasteiger partial charge < -0.3 is 14.3 Å². The Labute approximate surface area is 169 Å². The second-order valence-electron chi connectivity index (χ2n) is 7.44. The van der Waals surface area contributed by atoms with Crippen molar-refractivity contribution in [2.45, 2.75) is 70.5 Å². The molecule has 0 spiro atoms. The van der Waals surface area contributed by atoms with Gasteiger partial charge >= 0.3 is 29.6 Å². The molecule has 0 aliphatic heterocycles. The summed E-state index contributed by atoms with van der Waals surface area (Å²) in [5.74, 6) is -1.14. The minimum absolute atomic E-state index is 0. The number of carbonyl (C=O) groups is 1. The number of hydrogen-bond donors (Lipinski definition) is 0. The number of carboxylic acids is 1. The molecule has 1 unspecified atom stereocenters. The fourth-order valence-electron chi connectivity index (χ4n) is 3.70. The molecule has 1 aromatic rings. The van der Waals surface area contributed by atoms with Gasteiger partial charge in [-0.15, -0.1) is 0 Å². The molecule has 0 saturated carbocycles. The van der Waals surface area contributed by atoms with Gasteiger partial charge in [0, 0.05) is 6.20 Å². The van der Waals surface area contributed by atoms with Gasteiger partial charge in [0.15, 0.2) is 8.32 Å². The van der Waals surface area contributed by atoms with Gasteiger partial charge in [-0.2, -0.15) is 0 Å². The van der Waals surface area contributed by atoms with Crippen molar-refractivity contribution in [1.82, 2.24) is 4.98 Å². The van der Waals surface area contributed by atoms with Crippen LogP contribution in [0.5, 0.6) is 0 Å². The summed E-state index contributed by atoms with van der Waals surface area (Å²) in [6, 6.07) is 5.29. The van der Waals surface area contributed by atoms with Gasteiger partial charge in [-0.1, -0.05) is 47.6 Å². The SMILES string of the molecule is CC(C)[Si](OCC(C)(C(=O)[O-])c1ccccn1)(C(C)C)C(C)C.[Na+]. The van der Waals surface area contributed by atoms with Gasteiger partial charge in [0.05, 0.1) is 23.7 Å². The molecule has 0 radical (unpaired) electrons. The van der Waals surface area contributed by atoms with E-state index in [0.29, 0.717) is 22.3 Å². The Kier molecular flexibility index (Phi) is 9.40. The van der Waals surface area contributed by atoms with Gasteiger partial charge in [0.1, 0.15) is 0 Å². The summed E-state index contributed by atoms with van der Waals surface area (Å²) in [6.45, 7) is 14.9. The van der Waals surface area contributed by atoms with Crippen molar-refractivity contribution in [3.8, 4) is 0 Å². The van der Waals surface area contributed by atoms with Crippen LogP contribution >= 0.6 is 0 Å². The van der Waals surface area contributed by atoms with Crippen LogP contribution in [0.25, 0.3) is 0 Å². The standard InChI is InChI=1S/C18H31NO3Si.Na/c1-13(2)23(14(3)4,15(5)6)22-12-18(7,17(20)21)16-10-8-9-11-19-16;/h8-11,13-15H,12H2,1-7H3,(H,20,21);/q;+1/p-1. The molecule has 0 N–H and O–H groups in total. The third kappa shape index (κ3) is 4.70. The zero-order chi connectivity index (χ0) is 17.8. The van der Waals surface area contributed by atoms with Crippen LogP contribution in [0, 0.1) is 0 Å². The third-order valence-electron chi connectivity index (χ3n) is 5.00. The number of carboxylic acid groups (broad SMARTS) is 1. The van der Waals surface area contributed by atoms with Gasteiger partial charge in [-0.25, -0.2) is 0 Å². The molecule has 1 atom stereocenters. The fraction of sp³-hybridized carbons (Fsp3) is 0.667. The van der Waals surface area contributed by atoms with Crippen molar-refractivity contribution in [3.63, 3.8) is 0 Å². The van der Waals surface area contributed by atoms with E-state index in [9.17, 15) is 9.90 Å². The first kappa shape index (κ1) is 23.8. The van der Waals surface area contributed by atoms with Crippen molar-refractivity contribution in [2.75, 3.05) is 6.61 Å².